The highest BCUT2D eigenvalue weighted by Crippen LogP contribution is 2.14. The Morgan fingerprint density at radius 2 is 1.72 bits per heavy atom. The van der Waals surface area contributed by atoms with Gasteiger partial charge in [0.25, 0.3) is 0 Å². The van der Waals surface area contributed by atoms with Crippen molar-refractivity contribution in [3.8, 4) is 0 Å². The fraction of sp³-hybridized carbons (Fsp3) is 0.812. The lowest BCUT2D eigenvalue weighted by Crippen LogP contribution is -2.33. The lowest BCUT2D eigenvalue weighted by molar-refractivity contribution is -0.132. The molecule has 1 amide bonds. The number of nitrogens with zero attached hydrogens (tertiary/aromatic N) is 1. The molecule has 0 fully saturated rings. The van der Waals surface area contributed by atoms with Gasteiger partial charge in [-0.2, -0.15) is 0 Å². The van der Waals surface area contributed by atoms with E-state index in [0.717, 1.165) is 38.8 Å². The molecule has 0 aromatic heterocycles. The average molecular weight is 253 g/mol. The molecule has 0 rings (SSSR count). The topological polar surface area (TPSA) is 20.3 Å². The Morgan fingerprint density at radius 1 is 1.17 bits per heavy atom. The molecule has 2 heteroatoms. The molecule has 2 nitrogen and oxygen atoms in total. The van der Waals surface area contributed by atoms with Gasteiger partial charge < -0.3 is 4.90 Å². The molecule has 0 bridgehead atoms. The monoisotopic (exact) mass is 253 g/mol. The van der Waals surface area contributed by atoms with Crippen molar-refractivity contribution in [2.24, 2.45) is 5.92 Å². The standard InChI is InChI=1S/C16H31NO/c1-6-11-17(12-7-2)16(18)13-15(5)10-8-9-14(3)4/h9,15H,6-8,10-13H2,1-5H3. The second-order valence-electron chi connectivity index (χ2n) is 5.55. The molecular formula is C16H31NO. The molecule has 0 saturated heterocycles. The number of allylic oxidation sites excluding steroid dienone is 2. The highest BCUT2D eigenvalue weighted by Gasteiger charge is 2.14. The van der Waals surface area contributed by atoms with E-state index in [1.54, 1.807) is 0 Å². The maximum Gasteiger partial charge on any atom is 0.222 e. The van der Waals surface area contributed by atoms with E-state index in [2.05, 4.69) is 40.7 Å². The van der Waals surface area contributed by atoms with E-state index >= 15 is 0 Å². The maximum absolute atomic E-state index is 12.1. The van der Waals surface area contributed by atoms with E-state index in [-0.39, 0.29) is 0 Å². The molecule has 0 spiro atoms. The molecule has 0 aliphatic heterocycles. The van der Waals surface area contributed by atoms with E-state index in [1.807, 2.05) is 4.90 Å². The van der Waals surface area contributed by atoms with E-state index in [9.17, 15) is 4.79 Å². The van der Waals surface area contributed by atoms with Crippen LogP contribution in [0.5, 0.6) is 0 Å². The minimum atomic E-state index is 0.336. The van der Waals surface area contributed by atoms with Crippen LogP contribution in [0.4, 0.5) is 0 Å². The number of rotatable bonds is 9. The zero-order valence-electron chi connectivity index (χ0n) is 13.0. The van der Waals surface area contributed by atoms with Gasteiger partial charge in [0.1, 0.15) is 0 Å². The minimum absolute atomic E-state index is 0.336. The highest BCUT2D eigenvalue weighted by atomic mass is 16.2. The lowest BCUT2D eigenvalue weighted by Gasteiger charge is -2.23. The summed E-state index contributed by atoms with van der Waals surface area (Å²) in [6.45, 7) is 12.5. The molecular weight excluding hydrogens is 222 g/mol. The summed E-state index contributed by atoms with van der Waals surface area (Å²) in [5.74, 6) is 0.827. The van der Waals surface area contributed by atoms with Gasteiger partial charge in [-0.15, -0.1) is 0 Å². The predicted octanol–water partition coefficient (Wildman–Crippen LogP) is 4.41. The number of amides is 1. The minimum Gasteiger partial charge on any atom is -0.343 e. The van der Waals surface area contributed by atoms with Gasteiger partial charge >= 0.3 is 0 Å². The molecule has 18 heavy (non-hydrogen) atoms. The molecule has 0 aliphatic rings. The van der Waals surface area contributed by atoms with Gasteiger partial charge in [0.15, 0.2) is 0 Å². The molecule has 0 aromatic carbocycles. The van der Waals surface area contributed by atoms with Crippen LogP contribution in [0.1, 0.15) is 66.7 Å². The third kappa shape index (κ3) is 8.32. The Bertz CT molecular complexity index is 248. The second-order valence-corrected chi connectivity index (χ2v) is 5.55. The third-order valence-electron chi connectivity index (χ3n) is 3.07. The van der Waals surface area contributed by atoms with Crippen molar-refractivity contribution in [2.45, 2.75) is 66.7 Å². The summed E-state index contributed by atoms with van der Waals surface area (Å²) in [6, 6.07) is 0. The molecule has 0 radical (unpaired) electrons. The number of carbonyl (C=O) groups excluding carboxylic acids is 1. The zero-order valence-corrected chi connectivity index (χ0v) is 13.0. The first-order valence-electron chi connectivity index (χ1n) is 7.42. The van der Waals surface area contributed by atoms with Crippen LogP contribution in [-0.2, 0) is 4.79 Å². The first kappa shape index (κ1) is 17.2. The Labute approximate surface area is 113 Å². The SMILES string of the molecule is CCCN(CCC)C(=O)CC(C)CCC=C(C)C. The zero-order chi connectivity index (χ0) is 14.0. The van der Waals surface area contributed by atoms with Gasteiger partial charge in [-0.3, -0.25) is 4.79 Å². The number of hydrogen-bond donors (Lipinski definition) is 0. The van der Waals surface area contributed by atoms with Crippen molar-refractivity contribution in [2.75, 3.05) is 13.1 Å². The van der Waals surface area contributed by atoms with E-state index in [1.165, 1.54) is 5.57 Å². The van der Waals surface area contributed by atoms with Gasteiger partial charge in [-0.1, -0.05) is 32.4 Å². The lowest BCUT2D eigenvalue weighted by atomic mass is 10.00. The van der Waals surface area contributed by atoms with Crippen LogP contribution in [0.25, 0.3) is 0 Å². The Morgan fingerprint density at radius 3 is 2.17 bits per heavy atom. The Kier molecular flexibility index (Phi) is 9.72. The van der Waals surface area contributed by atoms with Gasteiger partial charge in [0.2, 0.25) is 5.91 Å². The van der Waals surface area contributed by atoms with Crippen LogP contribution in [0.15, 0.2) is 11.6 Å². The van der Waals surface area contributed by atoms with E-state index < -0.39 is 0 Å². The van der Waals surface area contributed by atoms with E-state index in [0.29, 0.717) is 18.2 Å². The maximum atomic E-state index is 12.1. The van der Waals surface area contributed by atoms with Crippen LogP contribution in [0.3, 0.4) is 0 Å². The Balaban J connectivity index is 4.06. The van der Waals surface area contributed by atoms with Crippen molar-refractivity contribution in [1.82, 2.24) is 4.90 Å². The van der Waals surface area contributed by atoms with Crippen molar-refractivity contribution in [3.63, 3.8) is 0 Å². The largest absolute Gasteiger partial charge is 0.343 e. The summed E-state index contributed by atoms with van der Waals surface area (Å²) < 4.78 is 0. The number of carbonyl (C=O) groups is 1. The van der Waals surface area contributed by atoms with Crippen molar-refractivity contribution < 1.29 is 4.79 Å². The first-order valence-corrected chi connectivity index (χ1v) is 7.42. The summed E-state index contributed by atoms with van der Waals surface area (Å²) in [4.78, 5) is 14.2. The predicted molar refractivity (Wildman–Crippen MR) is 79.6 cm³/mol. The Hall–Kier alpha value is -0.790. The molecule has 106 valence electrons. The van der Waals surface area contributed by atoms with Gasteiger partial charge in [-0.05, 0) is 45.4 Å². The van der Waals surface area contributed by atoms with Crippen LogP contribution in [-0.4, -0.2) is 23.9 Å². The second kappa shape index (κ2) is 10.2. The fourth-order valence-electron chi connectivity index (χ4n) is 2.09. The molecule has 0 aromatic rings. The summed E-state index contributed by atoms with van der Waals surface area (Å²) in [5, 5.41) is 0. The molecule has 0 heterocycles. The van der Waals surface area contributed by atoms with E-state index in [4.69, 9.17) is 0 Å². The highest BCUT2D eigenvalue weighted by molar-refractivity contribution is 5.76. The van der Waals surface area contributed by atoms with Gasteiger partial charge in [-0.25, -0.2) is 0 Å². The first-order chi connectivity index (χ1) is 8.51. The summed E-state index contributed by atoms with van der Waals surface area (Å²) in [5.41, 5.74) is 1.37. The third-order valence-corrected chi connectivity index (χ3v) is 3.07. The van der Waals surface area contributed by atoms with Crippen molar-refractivity contribution in [3.05, 3.63) is 11.6 Å². The van der Waals surface area contributed by atoms with Crippen LogP contribution in [0.2, 0.25) is 0 Å². The fourth-order valence-corrected chi connectivity index (χ4v) is 2.09. The normalized spacial score (nSPS) is 12.1. The summed E-state index contributed by atoms with van der Waals surface area (Å²) >= 11 is 0. The quantitative estimate of drug-likeness (QED) is 0.557. The summed E-state index contributed by atoms with van der Waals surface area (Å²) in [6.07, 6.45) is 7.28. The van der Waals surface area contributed by atoms with Gasteiger partial charge in [0.05, 0.1) is 0 Å². The van der Waals surface area contributed by atoms with Crippen molar-refractivity contribution in [1.29, 1.82) is 0 Å². The molecule has 0 N–H and O–H groups in total. The van der Waals surface area contributed by atoms with Crippen LogP contribution < -0.4 is 0 Å². The summed E-state index contributed by atoms with van der Waals surface area (Å²) in [7, 11) is 0. The van der Waals surface area contributed by atoms with Crippen LogP contribution >= 0.6 is 0 Å². The average Bonchev–Trinajstić information content (AvgIpc) is 2.28. The van der Waals surface area contributed by atoms with Crippen LogP contribution in [0, 0.1) is 5.92 Å². The smallest absolute Gasteiger partial charge is 0.222 e. The molecule has 0 saturated carbocycles. The molecule has 0 aliphatic carbocycles. The molecule has 1 atom stereocenters. The van der Waals surface area contributed by atoms with Crippen molar-refractivity contribution >= 4 is 5.91 Å². The van der Waals surface area contributed by atoms with Gasteiger partial charge in [0, 0.05) is 19.5 Å². The molecule has 1 unspecified atom stereocenters. The number of hydrogen-bond acceptors (Lipinski definition) is 1.